The highest BCUT2D eigenvalue weighted by Gasteiger charge is 2.11. The number of ether oxygens (including phenoxy) is 1. The van der Waals surface area contributed by atoms with Crippen LogP contribution in [0.1, 0.15) is 13.8 Å². The summed E-state index contributed by atoms with van der Waals surface area (Å²) in [4.78, 5) is 11.3. The number of esters is 1. The zero-order valence-corrected chi connectivity index (χ0v) is 11.0. The number of nitrogens with one attached hydrogen (secondary N) is 1. The molecule has 1 heterocycles. The molecule has 0 saturated heterocycles. The maximum Gasteiger partial charge on any atom is 0.316 e. The second kappa shape index (κ2) is 7.23. The lowest BCUT2D eigenvalue weighted by Crippen LogP contribution is -2.17. The van der Waals surface area contributed by atoms with Crippen LogP contribution in [-0.2, 0) is 16.1 Å². The number of likely N-dealkylation sites (N-methyl/N-ethyl adjacent to an activating group) is 1. The first-order chi connectivity index (χ1) is 8.13. The molecule has 0 saturated carbocycles. The van der Waals surface area contributed by atoms with E-state index in [4.69, 9.17) is 4.74 Å². The van der Waals surface area contributed by atoms with Gasteiger partial charge in [0.15, 0.2) is 0 Å². The van der Waals surface area contributed by atoms with Crippen molar-refractivity contribution in [1.82, 2.24) is 25.5 Å². The van der Waals surface area contributed by atoms with Gasteiger partial charge in [0.05, 0.1) is 18.4 Å². The van der Waals surface area contributed by atoms with Crippen LogP contribution in [0, 0.1) is 0 Å². The van der Waals surface area contributed by atoms with Crippen molar-refractivity contribution in [2.24, 2.45) is 0 Å². The van der Waals surface area contributed by atoms with Crippen molar-refractivity contribution in [2.75, 3.05) is 19.3 Å². The number of thioether (sulfide) groups is 1. The largest absolute Gasteiger partial charge is 0.462 e. The van der Waals surface area contributed by atoms with Crippen LogP contribution in [0.4, 0.5) is 0 Å². The van der Waals surface area contributed by atoms with E-state index in [0.29, 0.717) is 11.7 Å². The first kappa shape index (κ1) is 13.9. The smallest absolute Gasteiger partial charge is 0.316 e. The van der Waals surface area contributed by atoms with E-state index in [1.165, 1.54) is 11.8 Å². The Morgan fingerprint density at radius 1 is 1.59 bits per heavy atom. The summed E-state index contributed by atoms with van der Waals surface area (Å²) in [5.74, 6) is -0.0360. The maximum atomic E-state index is 11.3. The topological polar surface area (TPSA) is 81.9 Å². The summed E-state index contributed by atoms with van der Waals surface area (Å²) in [6, 6.07) is 0. The van der Waals surface area contributed by atoms with Crippen LogP contribution >= 0.6 is 11.8 Å². The molecule has 0 aromatic carbocycles. The summed E-state index contributed by atoms with van der Waals surface area (Å²) in [5.41, 5.74) is 0. The van der Waals surface area contributed by atoms with Gasteiger partial charge in [0.2, 0.25) is 5.16 Å². The highest BCUT2D eigenvalue weighted by Crippen LogP contribution is 2.13. The molecule has 0 atom stereocenters. The molecule has 1 aromatic rings. The molecule has 0 unspecified atom stereocenters. The molecule has 0 aliphatic heterocycles. The normalized spacial score (nSPS) is 10.8. The lowest BCUT2D eigenvalue weighted by Gasteiger charge is -2.07. The molecule has 0 aliphatic carbocycles. The van der Waals surface area contributed by atoms with E-state index in [1.807, 2.05) is 20.9 Å². The Bertz CT molecular complexity index is 355. The van der Waals surface area contributed by atoms with E-state index < -0.39 is 0 Å². The van der Waals surface area contributed by atoms with Crippen LogP contribution in [0.5, 0.6) is 0 Å². The fraction of sp³-hybridized carbons (Fsp3) is 0.778. The highest BCUT2D eigenvalue weighted by atomic mass is 32.2. The quantitative estimate of drug-likeness (QED) is 0.542. The van der Waals surface area contributed by atoms with Crippen molar-refractivity contribution in [3.8, 4) is 0 Å². The summed E-state index contributed by atoms with van der Waals surface area (Å²) < 4.78 is 6.68. The van der Waals surface area contributed by atoms with Gasteiger partial charge in [-0.3, -0.25) is 4.79 Å². The third kappa shape index (κ3) is 5.14. The zero-order chi connectivity index (χ0) is 12.7. The van der Waals surface area contributed by atoms with Crippen LogP contribution < -0.4 is 5.32 Å². The molecular weight excluding hydrogens is 242 g/mol. The van der Waals surface area contributed by atoms with Gasteiger partial charge in [-0.2, -0.15) is 0 Å². The Morgan fingerprint density at radius 2 is 2.35 bits per heavy atom. The number of aromatic nitrogens is 4. The fourth-order valence-electron chi connectivity index (χ4n) is 1.08. The molecule has 96 valence electrons. The Balaban J connectivity index is 2.40. The molecule has 0 radical (unpaired) electrons. The predicted octanol–water partition coefficient (Wildman–Crippen LogP) is -0.0638. The first-order valence-electron chi connectivity index (χ1n) is 5.36. The van der Waals surface area contributed by atoms with Crippen LogP contribution in [0.3, 0.4) is 0 Å². The SMILES string of the molecule is CNCCn1nnnc1SCC(=O)OC(C)C. The van der Waals surface area contributed by atoms with E-state index >= 15 is 0 Å². The maximum absolute atomic E-state index is 11.3. The monoisotopic (exact) mass is 259 g/mol. The second-order valence-electron chi connectivity index (χ2n) is 3.62. The fourth-order valence-corrected chi connectivity index (χ4v) is 1.76. The summed E-state index contributed by atoms with van der Waals surface area (Å²) >= 11 is 1.28. The van der Waals surface area contributed by atoms with E-state index in [2.05, 4.69) is 20.8 Å². The number of carbonyl (C=O) groups is 1. The third-order valence-corrected chi connectivity index (χ3v) is 2.69. The van der Waals surface area contributed by atoms with Crippen molar-refractivity contribution >= 4 is 17.7 Å². The van der Waals surface area contributed by atoms with E-state index in [-0.39, 0.29) is 17.8 Å². The summed E-state index contributed by atoms with van der Waals surface area (Å²) in [6.07, 6.45) is -0.0941. The summed E-state index contributed by atoms with van der Waals surface area (Å²) in [6.45, 7) is 5.08. The molecule has 1 aromatic heterocycles. The second-order valence-corrected chi connectivity index (χ2v) is 4.56. The minimum atomic E-state index is -0.256. The van der Waals surface area contributed by atoms with Crippen LogP contribution in [0.25, 0.3) is 0 Å². The highest BCUT2D eigenvalue weighted by molar-refractivity contribution is 7.99. The molecule has 17 heavy (non-hydrogen) atoms. The Labute approximate surface area is 104 Å². The number of hydrogen-bond donors (Lipinski definition) is 1. The van der Waals surface area contributed by atoms with Crippen molar-refractivity contribution < 1.29 is 9.53 Å². The lowest BCUT2D eigenvalue weighted by atomic mass is 10.5. The number of nitrogens with zero attached hydrogens (tertiary/aromatic N) is 4. The van der Waals surface area contributed by atoms with E-state index in [9.17, 15) is 4.79 Å². The predicted molar refractivity (Wildman–Crippen MR) is 63.7 cm³/mol. The number of carbonyl (C=O) groups excluding carboxylic acids is 1. The van der Waals surface area contributed by atoms with Gasteiger partial charge in [-0.15, -0.1) is 5.10 Å². The number of tetrazole rings is 1. The van der Waals surface area contributed by atoms with Gasteiger partial charge in [0.25, 0.3) is 0 Å². The van der Waals surface area contributed by atoms with Gasteiger partial charge in [0.1, 0.15) is 0 Å². The first-order valence-corrected chi connectivity index (χ1v) is 6.35. The third-order valence-electron chi connectivity index (χ3n) is 1.76. The minimum absolute atomic E-state index is 0.0941. The van der Waals surface area contributed by atoms with E-state index in [0.717, 1.165) is 6.54 Å². The molecule has 0 bridgehead atoms. The lowest BCUT2D eigenvalue weighted by molar-refractivity contribution is -0.144. The standard InChI is InChI=1S/C9H17N5O2S/c1-7(2)16-8(15)6-17-9-11-12-13-14(9)5-4-10-3/h7,10H,4-6H2,1-3H3. The molecule has 0 spiro atoms. The molecule has 1 N–H and O–H groups in total. The molecule has 7 nitrogen and oxygen atoms in total. The molecule has 8 heteroatoms. The van der Waals surface area contributed by atoms with Gasteiger partial charge in [0, 0.05) is 6.54 Å². The number of hydrogen-bond acceptors (Lipinski definition) is 7. The molecule has 0 fully saturated rings. The molecule has 1 rings (SSSR count). The summed E-state index contributed by atoms with van der Waals surface area (Å²) in [5, 5.41) is 14.9. The van der Waals surface area contributed by atoms with Crippen molar-refractivity contribution in [2.45, 2.75) is 31.7 Å². The Hall–Kier alpha value is -1.15. The van der Waals surface area contributed by atoms with Crippen molar-refractivity contribution in [3.63, 3.8) is 0 Å². The van der Waals surface area contributed by atoms with Crippen molar-refractivity contribution in [1.29, 1.82) is 0 Å². The minimum Gasteiger partial charge on any atom is -0.462 e. The van der Waals surface area contributed by atoms with Crippen molar-refractivity contribution in [3.05, 3.63) is 0 Å². The Kier molecular flexibility index (Phi) is 5.92. The van der Waals surface area contributed by atoms with Gasteiger partial charge in [-0.1, -0.05) is 11.8 Å². The average molecular weight is 259 g/mol. The van der Waals surface area contributed by atoms with Crippen LogP contribution in [0.2, 0.25) is 0 Å². The zero-order valence-electron chi connectivity index (χ0n) is 10.2. The van der Waals surface area contributed by atoms with Crippen LogP contribution in [-0.4, -0.2) is 51.6 Å². The summed E-state index contributed by atoms with van der Waals surface area (Å²) in [7, 11) is 1.86. The van der Waals surface area contributed by atoms with Crippen LogP contribution in [0.15, 0.2) is 5.16 Å². The van der Waals surface area contributed by atoms with E-state index in [1.54, 1.807) is 4.68 Å². The molecule has 0 aliphatic rings. The van der Waals surface area contributed by atoms with Gasteiger partial charge >= 0.3 is 5.97 Å². The number of rotatable bonds is 7. The molecule has 0 amide bonds. The van der Waals surface area contributed by atoms with Gasteiger partial charge in [-0.05, 0) is 31.3 Å². The Morgan fingerprint density at radius 3 is 3.00 bits per heavy atom. The van der Waals surface area contributed by atoms with Gasteiger partial charge < -0.3 is 10.1 Å². The molecular formula is C9H17N5O2S. The van der Waals surface area contributed by atoms with Gasteiger partial charge in [-0.25, -0.2) is 4.68 Å². The average Bonchev–Trinajstić information content (AvgIpc) is 2.70.